The second kappa shape index (κ2) is 12.3. The number of hydrogen-bond donors (Lipinski definition) is 1. The standard InChI is InChI=1S/C28H28ClN3O5/c1-3-36-23-11-9-22(10-12-23)32-17-21(15-27(32)33)28(34)31-30-16-19-8-13-25(26(14-19)35-2)37-18-20-6-4-5-7-24(20)29/h4-14,16,21H,3,15,17-18H2,1-2H3,(H,31,34)/b30-16-/t21-/m1/s1. The number of hydrogen-bond acceptors (Lipinski definition) is 6. The Morgan fingerprint density at radius 2 is 1.89 bits per heavy atom. The van der Waals surface area contributed by atoms with Crippen LogP contribution >= 0.6 is 11.6 Å². The molecule has 0 saturated carbocycles. The van der Waals surface area contributed by atoms with Crippen molar-refractivity contribution in [2.24, 2.45) is 11.0 Å². The van der Waals surface area contributed by atoms with Gasteiger partial charge in [-0.05, 0) is 61.0 Å². The number of amides is 2. The molecular formula is C28H28ClN3O5. The van der Waals surface area contributed by atoms with Crippen LogP contribution in [0.25, 0.3) is 0 Å². The largest absolute Gasteiger partial charge is 0.494 e. The minimum atomic E-state index is -0.494. The van der Waals surface area contributed by atoms with Gasteiger partial charge in [0.25, 0.3) is 0 Å². The molecule has 4 rings (SSSR count). The zero-order chi connectivity index (χ0) is 26.2. The number of halogens is 1. The van der Waals surface area contributed by atoms with Crippen molar-refractivity contribution in [3.63, 3.8) is 0 Å². The maximum Gasteiger partial charge on any atom is 0.245 e. The quantitative estimate of drug-likeness (QED) is 0.305. The van der Waals surface area contributed by atoms with Crippen LogP contribution in [0.5, 0.6) is 17.2 Å². The van der Waals surface area contributed by atoms with E-state index in [1.807, 2.05) is 55.5 Å². The van der Waals surface area contributed by atoms with Crippen LogP contribution < -0.4 is 24.5 Å². The molecule has 37 heavy (non-hydrogen) atoms. The number of anilines is 1. The van der Waals surface area contributed by atoms with Crippen molar-refractivity contribution < 1.29 is 23.8 Å². The summed E-state index contributed by atoms with van der Waals surface area (Å²) in [6.07, 6.45) is 1.64. The number of benzene rings is 3. The number of nitrogens with one attached hydrogen (secondary N) is 1. The predicted octanol–water partition coefficient (Wildman–Crippen LogP) is 4.83. The van der Waals surface area contributed by atoms with E-state index in [-0.39, 0.29) is 18.2 Å². The zero-order valence-electron chi connectivity index (χ0n) is 20.6. The van der Waals surface area contributed by atoms with Gasteiger partial charge in [-0.25, -0.2) is 5.43 Å². The lowest BCUT2D eigenvalue weighted by Crippen LogP contribution is -2.30. The lowest BCUT2D eigenvalue weighted by Gasteiger charge is -2.17. The lowest BCUT2D eigenvalue weighted by molar-refractivity contribution is -0.126. The van der Waals surface area contributed by atoms with E-state index in [0.29, 0.717) is 41.8 Å². The van der Waals surface area contributed by atoms with E-state index >= 15 is 0 Å². The minimum absolute atomic E-state index is 0.106. The molecule has 3 aromatic rings. The molecule has 1 N–H and O–H groups in total. The first-order valence-corrected chi connectivity index (χ1v) is 12.3. The van der Waals surface area contributed by atoms with Gasteiger partial charge in [-0.2, -0.15) is 5.10 Å². The second-order valence-electron chi connectivity index (χ2n) is 8.36. The molecule has 192 valence electrons. The van der Waals surface area contributed by atoms with Crippen LogP contribution in [0.15, 0.2) is 71.8 Å². The molecule has 1 atom stereocenters. The highest BCUT2D eigenvalue weighted by Crippen LogP contribution is 2.30. The first-order valence-electron chi connectivity index (χ1n) is 11.9. The summed E-state index contributed by atoms with van der Waals surface area (Å²) in [5, 5.41) is 4.70. The number of methoxy groups -OCH3 is 1. The van der Waals surface area contributed by atoms with E-state index in [1.54, 1.807) is 30.2 Å². The van der Waals surface area contributed by atoms with Gasteiger partial charge < -0.3 is 19.1 Å². The van der Waals surface area contributed by atoms with Gasteiger partial charge in [-0.3, -0.25) is 9.59 Å². The smallest absolute Gasteiger partial charge is 0.245 e. The van der Waals surface area contributed by atoms with Crippen molar-refractivity contribution in [1.29, 1.82) is 0 Å². The van der Waals surface area contributed by atoms with Gasteiger partial charge in [0.1, 0.15) is 12.4 Å². The molecule has 0 aliphatic carbocycles. The topological polar surface area (TPSA) is 89.5 Å². The highest BCUT2D eigenvalue weighted by Gasteiger charge is 2.35. The summed E-state index contributed by atoms with van der Waals surface area (Å²) in [6, 6.07) is 20.0. The molecule has 0 radical (unpaired) electrons. The van der Waals surface area contributed by atoms with E-state index < -0.39 is 5.92 Å². The summed E-state index contributed by atoms with van der Waals surface area (Å²) in [5.74, 6) is 0.900. The molecule has 1 fully saturated rings. The summed E-state index contributed by atoms with van der Waals surface area (Å²) < 4.78 is 16.8. The SMILES string of the molecule is CCOc1ccc(N2C[C@H](C(=O)N/N=C\c3ccc(OCc4ccccc4Cl)c(OC)c3)CC2=O)cc1. The number of ether oxygens (including phenoxy) is 3. The van der Waals surface area contributed by atoms with Gasteiger partial charge in [0.2, 0.25) is 11.8 Å². The van der Waals surface area contributed by atoms with Crippen molar-refractivity contribution in [3.8, 4) is 17.2 Å². The van der Waals surface area contributed by atoms with Crippen LogP contribution in [0.1, 0.15) is 24.5 Å². The van der Waals surface area contributed by atoms with Gasteiger partial charge >= 0.3 is 0 Å². The van der Waals surface area contributed by atoms with Crippen molar-refractivity contribution in [2.75, 3.05) is 25.2 Å². The number of carbonyl (C=O) groups excluding carboxylic acids is 2. The molecule has 0 spiro atoms. The van der Waals surface area contributed by atoms with Crippen molar-refractivity contribution in [1.82, 2.24) is 5.43 Å². The normalized spacial score (nSPS) is 15.2. The van der Waals surface area contributed by atoms with Gasteiger partial charge in [-0.15, -0.1) is 0 Å². The van der Waals surface area contributed by atoms with E-state index in [9.17, 15) is 9.59 Å². The van der Waals surface area contributed by atoms with Crippen molar-refractivity contribution >= 4 is 35.3 Å². The fourth-order valence-corrected chi connectivity index (χ4v) is 4.13. The molecule has 1 aliphatic heterocycles. The highest BCUT2D eigenvalue weighted by molar-refractivity contribution is 6.31. The molecule has 8 nitrogen and oxygen atoms in total. The molecular weight excluding hydrogens is 494 g/mol. The maximum atomic E-state index is 12.6. The van der Waals surface area contributed by atoms with Crippen LogP contribution in [-0.4, -0.2) is 38.3 Å². The fraction of sp³-hybridized carbons (Fsp3) is 0.250. The third-order valence-electron chi connectivity index (χ3n) is 5.87. The first-order chi connectivity index (χ1) is 18.0. The summed E-state index contributed by atoms with van der Waals surface area (Å²) in [6.45, 7) is 3.07. The molecule has 3 aromatic carbocycles. The molecule has 0 unspecified atom stereocenters. The van der Waals surface area contributed by atoms with Gasteiger partial charge in [0.05, 0.1) is 25.8 Å². The van der Waals surface area contributed by atoms with Crippen LogP contribution in [0, 0.1) is 5.92 Å². The molecule has 2 amide bonds. The van der Waals surface area contributed by atoms with Crippen molar-refractivity contribution in [2.45, 2.75) is 20.0 Å². The average molecular weight is 522 g/mol. The second-order valence-corrected chi connectivity index (χ2v) is 8.76. The zero-order valence-corrected chi connectivity index (χ0v) is 21.4. The van der Waals surface area contributed by atoms with Gasteiger partial charge in [0, 0.05) is 29.2 Å². The molecule has 9 heteroatoms. The van der Waals surface area contributed by atoms with Crippen LogP contribution in [0.4, 0.5) is 5.69 Å². The Labute approximate surface area is 220 Å². The minimum Gasteiger partial charge on any atom is -0.494 e. The van der Waals surface area contributed by atoms with E-state index in [4.69, 9.17) is 25.8 Å². The summed E-state index contributed by atoms with van der Waals surface area (Å²) in [5.41, 5.74) is 4.85. The van der Waals surface area contributed by atoms with Gasteiger partial charge in [0.15, 0.2) is 11.5 Å². The summed E-state index contributed by atoms with van der Waals surface area (Å²) >= 11 is 6.19. The predicted molar refractivity (Wildman–Crippen MR) is 143 cm³/mol. The Hall–Kier alpha value is -4.04. The molecule has 1 saturated heterocycles. The highest BCUT2D eigenvalue weighted by atomic mass is 35.5. The first kappa shape index (κ1) is 26.0. The third kappa shape index (κ3) is 6.59. The Kier molecular flexibility index (Phi) is 8.64. The Bertz CT molecular complexity index is 1280. The van der Waals surface area contributed by atoms with Crippen LogP contribution in [0.3, 0.4) is 0 Å². The number of nitrogens with zero attached hydrogens (tertiary/aromatic N) is 2. The average Bonchev–Trinajstić information content (AvgIpc) is 3.30. The van der Waals surface area contributed by atoms with E-state index in [1.165, 1.54) is 6.21 Å². The lowest BCUT2D eigenvalue weighted by atomic mass is 10.1. The van der Waals surface area contributed by atoms with Gasteiger partial charge in [-0.1, -0.05) is 29.8 Å². The Morgan fingerprint density at radius 1 is 1.11 bits per heavy atom. The molecule has 1 aliphatic rings. The number of rotatable bonds is 10. The Balaban J connectivity index is 1.32. The fourth-order valence-electron chi connectivity index (χ4n) is 3.94. The van der Waals surface area contributed by atoms with Crippen LogP contribution in [0.2, 0.25) is 5.02 Å². The monoisotopic (exact) mass is 521 g/mol. The van der Waals surface area contributed by atoms with E-state index in [2.05, 4.69) is 10.5 Å². The van der Waals surface area contributed by atoms with Crippen molar-refractivity contribution in [3.05, 3.63) is 82.9 Å². The molecule has 0 bridgehead atoms. The molecule has 0 aromatic heterocycles. The summed E-state index contributed by atoms with van der Waals surface area (Å²) in [7, 11) is 1.55. The third-order valence-corrected chi connectivity index (χ3v) is 6.24. The number of hydrazone groups is 1. The maximum absolute atomic E-state index is 12.6. The Morgan fingerprint density at radius 3 is 2.62 bits per heavy atom. The molecule has 1 heterocycles. The van der Waals surface area contributed by atoms with E-state index in [0.717, 1.165) is 17.0 Å². The number of carbonyl (C=O) groups is 2. The van der Waals surface area contributed by atoms with Crippen LogP contribution in [-0.2, 0) is 16.2 Å². The summed E-state index contributed by atoms with van der Waals surface area (Å²) in [4.78, 5) is 26.8.